The molecule has 0 saturated heterocycles. The van der Waals surface area contributed by atoms with Gasteiger partial charge in [0.2, 0.25) is 0 Å². The van der Waals surface area contributed by atoms with Crippen LogP contribution in [-0.4, -0.2) is 26.1 Å². The van der Waals surface area contributed by atoms with E-state index >= 15 is 0 Å². The Hall–Kier alpha value is -1.36. The van der Waals surface area contributed by atoms with Crippen molar-refractivity contribution in [3.63, 3.8) is 0 Å². The first-order valence-corrected chi connectivity index (χ1v) is 4.57. The lowest BCUT2D eigenvalue weighted by atomic mass is 10.6. The van der Waals surface area contributed by atoms with Crippen molar-refractivity contribution in [1.29, 1.82) is 0 Å². The first kappa shape index (κ1) is 9.21. The minimum atomic E-state index is 0.344. The van der Waals surface area contributed by atoms with Gasteiger partial charge in [0, 0.05) is 7.05 Å². The molecule has 0 aromatic carbocycles. The van der Waals surface area contributed by atoms with Gasteiger partial charge in [-0.15, -0.1) is 0 Å². The Morgan fingerprint density at radius 1 is 1.50 bits per heavy atom. The summed E-state index contributed by atoms with van der Waals surface area (Å²) in [6.45, 7) is 2.45. The molecule has 2 aromatic rings. The van der Waals surface area contributed by atoms with Crippen molar-refractivity contribution in [1.82, 2.24) is 19.5 Å². The van der Waals surface area contributed by atoms with Crippen molar-refractivity contribution in [3.05, 3.63) is 11.5 Å². The van der Waals surface area contributed by atoms with Gasteiger partial charge in [-0.05, 0) is 6.92 Å². The molecule has 0 bridgehead atoms. The van der Waals surface area contributed by atoms with E-state index < -0.39 is 0 Å². The first-order valence-electron chi connectivity index (χ1n) is 4.19. The summed E-state index contributed by atoms with van der Waals surface area (Å²) in [6.07, 6.45) is 1.40. The molecule has 0 amide bonds. The third-order valence-corrected chi connectivity index (χ3v) is 2.12. The van der Waals surface area contributed by atoms with Crippen LogP contribution in [0.5, 0.6) is 6.01 Å². The van der Waals surface area contributed by atoms with Gasteiger partial charge in [0.15, 0.2) is 10.8 Å². The molecule has 2 heterocycles. The van der Waals surface area contributed by atoms with Gasteiger partial charge in [0.1, 0.15) is 11.8 Å². The Balaban J connectivity index is 2.67. The molecule has 0 aliphatic carbocycles. The maximum atomic E-state index is 5.86. The lowest BCUT2D eigenvalue weighted by Gasteiger charge is -2.00. The predicted octanol–water partition coefficient (Wildman–Crippen LogP) is 1.42. The largest absolute Gasteiger partial charge is 0.465 e. The van der Waals surface area contributed by atoms with Crippen LogP contribution < -0.4 is 4.74 Å². The van der Waals surface area contributed by atoms with Crippen LogP contribution in [0, 0.1) is 0 Å². The van der Waals surface area contributed by atoms with Crippen LogP contribution in [0.25, 0.3) is 11.2 Å². The minimum absolute atomic E-state index is 0.344. The zero-order valence-electron chi connectivity index (χ0n) is 7.86. The minimum Gasteiger partial charge on any atom is -0.465 e. The zero-order valence-corrected chi connectivity index (χ0v) is 8.62. The molecule has 0 fully saturated rings. The second-order valence-corrected chi connectivity index (χ2v) is 3.08. The summed E-state index contributed by atoms with van der Waals surface area (Å²) in [5.41, 5.74) is 1.24. The highest BCUT2D eigenvalue weighted by atomic mass is 35.5. The Morgan fingerprint density at radius 3 is 2.93 bits per heavy atom. The maximum Gasteiger partial charge on any atom is 0.298 e. The van der Waals surface area contributed by atoms with Gasteiger partial charge >= 0.3 is 0 Å². The Morgan fingerprint density at radius 2 is 2.29 bits per heavy atom. The van der Waals surface area contributed by atoms with E-state index in [9.17, 15) is 0 Å². The molecule has 0 radical (unpaired) electrons. The average molecular weight is 213 g/mol. The third kappa shape index (κ3) is 1.29. The highest BCUT2D eigenvalue weighted by Crippen LogP contribution is 2.22. The van der Waals surface area contributed by atoms with Gasteiger partial charge in [0.05, 0.1) is 6.61 Å². The third-order valence-electron chi connectivity index (χ3n) is 1.84. The SMILES string of the molecule is CCOc1nc2c(Cl)ncnc2n1C. The standard InChI is InChI=1S/C8H9ClN4O/c1-3-14-8-12-5-6(9)10-4-11-7(5)13(8)2/h4H,3H2,1-2H3. The van der Waals surface area contributed by atoms with Crippen LogP contribution in [0.2, 0.25) is 5.15 Å². The molecule has 0 N–H and O–H groups in total. The van der Waals surface area contributed by atoms with Crippen molar-refractivity contribution in [2.24, 2.45) is 7.05 Å². The molecule has 74 valence electrons. The number of rotatable bonds is 2. The number of ether oxygens (including phenoxy) is 1. The average Bonchev–Trinajstić information content (AvgIpc) is 2.48. The number of hydrogen-bond donors (Lipinski definition) is 0. The van der Waals surface area contributed by atoms with Crippen molar-refractivity contribution in [2.75, 3.05) is 6.61 Å². The lowest BCUT2D eigenvalue weighted by molar-refractivity contribution is 0.304. The highest BCUT2D eigenvalue weighted by Gasteiger charge is 2.12. The fourth-order valence-corrected chi connectivity index (χ4v) is 1.38. The highest BCUT2D eigenvalue weighted by molar-refractivity contribution is 6.33. The van der Waals surface area contributed by atoms with Crippen LogP contribution in [-0.2, 0) is 7.05 Å². The van der Waals surface area contributed by atoms with E-state index in [1.54, 1.807) is 4.57 Å². The van der Waals surface area contributed by atoms with Crippen molar-refractivity contribution < 1.29 is 4.74 Å². The van der Waals surface area contributed by atoms with E-state index in [1.807, 2.05) is 14.0 Å². The number of imidazole rings is 1. The Bertz CT molecular complexity index is 468. The quantitative estimate of drug-likeness (QED) is 0.707. The van der Waals surface area contributed by atoms with E-state index in [4.69, 9.17) is 16.3 Å². The lowest BCUT2D eigenvalue weighted by Crippen LogP contribution is -1.99. The molecule has 2 rings (SSSR count). The molecule has 0 spiro atoms. The topological polar surface area (TPSA) is 52.8 Å². The Kier molecular flexibility index (Phi) is 2.25. The van der Waals surface area contributed by atoms with Gasteiger partial charge in [-0.2, -0.15) is 4.98 Å². The van der Waals surface area contributed by atoms with E-state index in [1.165, 1.54) is 6.33 Å². The monoisotopic (exact) mass is 212 g/mol. The van der Waals surface area contributed by atoms with E-state index in [-0.39, 0.29) is 0 Å². The summed E-state index contributed by atoms with van der Waals surface area (Å²) in [4.78, 5) is 12.1. The number of hydrogen-bond acceptors (Lipinski definition) is 4. The summed E-state index contributed by atoms with van der Waals surface area (Å²) >= 11 is 5.86. The predicted molar refractivity (Wildman–Crippen MR) is 52.5 cm³/mol. The molecule has 0 aliphatic heterocycles. The maximum absolute atomic E-state index is 5.86. The van der Waals surface area contributed by atoms with E-state index in [0.29, 0.717) is 28.9 Å². The van der Waals surface area contributed by atoms with Crippen molar-refractivity contribution in [2.45, 2.75) is 6.92 Å². The number of nitrogens with zero attached hydrogens (tertiary/aromatic N) is 4. The molecule has 0 aliphatic rings. The fourth-order valence-electron chi connectivity index (χ4n) is 1.21. The van der Waals surface area contributed by atoms with Crippen LogP contribution in [0.4, 0.5) is 0 Å². The van der Waals surface area contributed by atoms with Gasteiger partial charge in [-0.3, -0.25) is 4.57 Å². The van der Waals surface area contributed by atoms with Crippen LogP contribution in [0.3, 0.4) is 0 Å². The van der Waals surface area contributed by atoms with Crippen LogP contribution >= 0.6 is 11.6 Å². The van der Waals surface area contributed by atoms with Gasteiger partial charge in [-0.1, -0.05) is 11.6 Å². The molecule has 0 unspecified atom stereocenters. The second kappa shape index (κ2) is 3.42. The smallest absolute Gasteiger partial charge is 0.298 e. The molecule has 14 heavy (non-hydrogen) atoms. The van der Waals surface area contributed by atoms with E-state index in [0.717, 1.165) is 0 Å². The number of halogens is 1. The van der Waals surface area contributed by atoms with Crippen molar-refractivity contribution in [3.8, 4) is 6.01 Å². The number of fused-ring (bicyclic) bond motifs is 1. The Labute approximate surface area is 85.7 Å². The van der Waals surface area contributed by atoms with Gasteiger partial charge in [-0.25, -0.2) is 9.97 Å². The van der Waals surface area contributed by atoms with Gasteiger partial charge in [0.25, 0.3) is 6.01 Å². The number of aryl methyl sites for hydroxylation is 1. The van der Waals surface area contributed by atoms with E-state index in [2.05, 4.69) is 15.0 Å². The van der Waals surface area contributed by atoms with Gasteiger partial charge < -0.3 is 4.74 Å². The zero-order chi connectivity index (χ0) is 10.1. The molecule has 0 atom stereocenters. The summed E-state index contributed by atoms with van der Waals surface area (Å²) in [5.74, 6) is 0. The molecule has 5 nitrogen and oxygen atoms in total. The number of aromatic nitrogens is 4. The first-order chi connectivity index (χ1) is 6.74. The summed E-state index contributed by atoms with van der Waals surface area (Å²) < 4.78 is 7.04. The second-order valence-electron chi connectivity index (χ2n) is 2.72. The summed E-state index contributed by atoms with van der Waals surface area (Å²) in [5, 5.41) is 0.344. The summed E-state index contributed by atoms with van der Waals surface area (Å²) in [6, 6.07) is 0.505. The van der Waals surface area contributed by atoms with Crippen molar-refractivity contribution >= 4 is 22.8 Å². The molecule has 6 heteroatoms. The summed E-state index contributed by atoms with van der Waals surface area (Å²) in [7, 11) is 1.82. The molecular formula is C8H9ClN4O. The molecule has 2 aromatic heterocycles. The van der Waals surface area contributed by atoms with Crippen LogP contribution in [0.1, 0.15) is 6.92 Å². The molecule has 0 saturated carbocycles. The normalized spacial score (nSPS) is 10.8. The molecular weight excluding hydrogens is 204 g/mol. The fraction of sp³-hybridized carbons (Fsp3) is 0.375. The van der Waals surface area contributed by atoms with Crippen LogP contribution in [0.15, 0.2) is 6.33 Å².